The van der Waals surface area contributed by atoms with Crippen molar-refractivity contribution in [2.45, 2.75) is 10.1 Å². The second-order valence-electron chi connectivity index (χ2n) is 4.87. The van der Waals surface area contributed by atoms with Gasteiger partial charge in [0.1, 0.15) is 5.75 Å². The number of hydrogen-bond donors (Lipinski definition) is 0. The number of non-ortho nitro benzene ring substituents is 1. The van der Waals surface area contributed by atoms with E-state index in [0.29, 0.717) is 11.3 Å². The van der Waals surface area contributed by atoms with Gasteiger partial charge in [0.05, 0.1) is 27.9 Å². The second kappa shape index (κ2) is 7.19. The molecule has 0 aliphatic heterocycles. The van der Waals surface area contributed by atoms with Crippen LogP contribution in [0.15, 0.2) is 57.0 Å². The number of rotatable bonds is 6. The highest BCUT2D eigenvalue weighted by atomic mass is 32.2. The van der Waals surface area contributed by atoms with E-state index in [0.717, 1.165) is 17.8 Å². The third kappa shape index (κ3) is 3.62. The Morgan fingerprint density at radius 1 is 1.04 bits per heavy atom. The van der Waals surface area contributed by atoms with Gasteiger partial charge in [0.25, 0.3) is 16.6 Å². The molecule has 0 bridgehead atoms. The monoisotopic (exact) mass is 374 g/mol. The highest BCUT2D eigenvalue weighted by Crippen LogP contribution is 2.37. The summed E-state index contributed by atoms with van der Waals surface area (Å²) < 4.78 is 10.6. The van der Waals surface area contributed by atoms with Gasteiger partial charge in [-0.05, 0) is 42.1 Å². The van der Waals surface area contributed by atoms with E-state index in [1.54, 1.807) is 31.4 Å². The maximum absolute atomic E-state index is 11.2. The van der Waals surface area contributed by atoms with Crippen molar-refractivity contribution in [3.8, 4) is 17.2 Å². The number of hydrogen-bond acceptors (Lipinski definition) is 9. The standard InChI is InChI=1S/C15H10N4O6S/c1-24-11-5-2-9(3-6-11)14-16-17-15(25-14)26-13-7-4-10(18(20)21)8-12(13)19(22)23/h2-8H,1H3. The maximum Gasteiger partial charge on any atom is 0.290 e. The van der Waals surface area contributed by atoms with E-state index in [1.165, 1.54) is 12.1 Å². The molecule has 0 aliphatic carbocycles. The Bertz CT molecular complexity index is 973. The average molecular weight is 374 g/mol. The largest absolute Gasteiger partial charge is 0.497 e. The third-order valence-electron chi connectivity index (χ3n) is 3.29. The fourth-order valence-corrected chi connectivity index (χ4v) is 2.81. The summed E-state index contributed by atoms with van der Waals surface area (Å²) in [5.41, 5.74) is -0.123. The first-order chi connectivity index (χ1) is 12.5. The van der Waals surface area contributed by atoms with Crippen LogP contribution >= 0.6 is 11.8 Å². The normalized spacial score (nSPS) is 10.5. The van der Waals surface area contributed by atoms with Crippen LogP contribution in [0.4, 0.5) is 11.4 Å². The predicted octanol–water partition coefficient (Wildman–Crippen LogP) is 3.71. The molecule has 132 valence electrons. The Kier molecular flexibility index (Phi) is 4.80. The van der Waals surface area contributed by atoms with Crippen LogP contribution in [0.3, 0.4) is 0 Å². The molecule has 26 heavy (non-hydrogen) atoms. The summed E-state index contributed by atoms with van der Waals surface area (Å²) in [6.45, 7) is 0. The topological polar surface area (TPSA) is 134 Å². The van der Waals surface area contributed by atoms with Gasteiger partial charge in [0.2, 0.25) is 5.89 Å². The summed E-state index contributed by atoms with van der Waals surface area (Å²) in [7, 11) is 1.55. The predicted molar refractivity (Wildman–Crippen MR) is 90.2 cm³/mol. The maximum atomic E-state index is 11.2. The van der Waals surface area contributed by atoms with E-state index >= 15 is 0 Å². The van der Waals surface area contributed by atoms with Crippen molar-refractivity contribution in [2.24, 2.45) is 0 Å². The molecule has 1 aromatic heterocycles. The van der Waals surface area contributed by atoms with Gasteiger partial charge in [-0.3, -0.25) is 20.2 Å². The van der Waals surface area contributed by atoms with Gasteiger partial charge in [-0.15, -0.1) is 10.2 Å². The molecule has 0 unspecified atom stereocenters. The lowest BCUT2D eigenvalue weighted by Gasteiger charge is -2.00. The number of ether oxygens (including phenoxy) is 1. The summed E-state index contributed by atoms with van der Waals surface area (Å²) in [6, 6.07) is 10.3. The van der Waals surface area contributed by atoms with Crippen LogP contribution < -0.4 is 4.74 Å². The van der Waals surface area contributed by atoms with Crippen LogP contribution in [-0.2, 0) is 0 Å². The van der Waals surface area contributed by atoms with Gasteiger partial charge >= 0.3 is 0 Å². The van der Waals surface area contributed by atoms with Crippen molar-refractivity contribution in [3.05, 3.63) is 62.7 Å². The molecule has 0 atom stereocenters. The van der Waals surface area contributed by atoms with Crippen molar-refractivity contribution in [1.29, 1.82) is 0 Å². The van der Waals surface area contributed by atoms with E-state index < -0.39 is 15.5 Å². The highest BCUT2D eigenvalue weighted by molar-refractivity contribution is 7.99. The number of methoxy groups -OCH3 is 1. The second-order valence-corrected chi connectivity index (χ2v) is 5.86. The zero-order valence-corrected chi connectivity index (χ0v) is 14.0. The molecule has 0 saturated carbocycles. The molecule has 0 fully saturated rings. The van der Waals surface area contributed by atoms with Gasteiger partial charge in [-0.1, -0.05) is 0 Å². The molecule has 2 aromatic carbocycles. The molecule has 3 aromatic rings. The Balaban J connectivity index is 1.86. The molecule has 0 radical (unpaired) electrons. The lowest BCUT2D eigenvalue weighted by Crippen LogP contribution is -1.94. The minimum atomic E-state index is -0.698. The number of nitrogens with zero attached hydrogens (tertiary/aromatic N) is 4. The summed E-state index contributed by atoms with van der Waals surface area (Å²) in [4.78, 5) is 20.7. The Labute approximate surface area is 150 Å². The van der Waals surface area contributed by atoms with Gasteiger partial charge in [0.15, 0.2) is 0 Å². The lowest BCUT2D eigenvalue weighted by atomic mass is 10.2. The first-order valence-corrected chi connectivity index (χ1v) is 7.88. The molecule has 0 spiro atoms. The first kappa shape index (κ1) is 17.4. The Morgan fingerprint density at radius 2 is 1.77 bits per heavy atom. The van der Waals surface area contributed by atoms with Gasteiger partial charge in [0, 0.05) is 11.6 Å². The summed E-state index contributed by atoms with van der Waals surface area (Å²) in [6.07, 6.45) is 0. The lowest BCUT2D eigenvalue weighted by molar-refractivity contribution is -0.396. The van der Waals surface area contributed by atoms with Crippen LogP contribution in [0, 0.1) is 20.2 Å². The average Bonchev–Trinajstić information content (AvgIpc) is 3.10. The molecule has 10 nitrogen and oxygen atoms in total. The number of nitro benzene ring substituents is 2. The van der Waals surface area contributed by atoms with Gasteiger partial charge in [-0.2, -0.15) is 0 Å². The molecular formula is C15H10N4O6S. The van der Waals surface area contributed by atoms with Gasteiger partial charge < -0.3 is 9.15 Å². The zero-order chi connectivity index (χ0) is 18.7. The minimum Gasteiger partial charge on any atom is -0.497 e. The number of nitro groups is 2. The van der Waals surface area contributed by atoms with E-state index in [-0.39, 0.29) is 21.7 Å². The van der Waals surface area contributed by atoms with Gasteiger partial charge in [-0.25, -0.2) is 0 Å². The quantitative estimate of drug-likeness (QED) is 0.467. The molecule has 11 heteroatoms. The fourth-order valence-electron chi connectivity index (χ4n) is 2.04. The SMILES string of the molecule is COc1ccc(-c2nnc(Sc3ccc([N+](=O)[O-])cc3[N+](=O)[O-])o2)cc1. The van der Waals surface area contributed by atoms with E-state index in [9.17, 15) is 20.2 Å². The Morgan fingerprint density at radius 3 is 2.38 bits per heavy atom. The van der Waals surface area contributed by atoms with E-state index in [1.807, 2.05) is 0 Å². The number of benzene rings is 2. The van der Waals surface area contributed by atoms with Crippen LogP contribution in [-0.4, -0.2) is 27.2 Å². The molecule has 0 saturated heterocycles. The smallest absolute Gasteiger partial charge is 0.290 e. The van der Waals surface area contributed by atoms with Crippen LogP contribution in [0.25, 0.3) is 11.5 Å². The molecular weight excluding hydrogens is 364 g/mol. The van der Waals surface area contributed by atoms with Crippen molar-refractivity contribution in [3.63, 3.8) is 0 Å². The van der Waals surface area contributed by atoms with Crippen molar-refractivity contribution < 1.29 is 19.0 Å². The molecule has 0 N–H and O–H groups in total. The van der Waals surface area contributed by atoms with Crippen molar-refractivity contribution in [1.82, 2.24) is 10.2 Å². The van der Waals surface area contributed by atoms with Crippen LogP contribution in [0.1, 0.15) is 0 Å². The summed E-state index contributed by atoms with van der Waals surface area (Å²) in [5, 5.41) is 29.8. The van der Waals surface area contributed by atoms with Crippen LogP contribution in [0.5, 0.6) is 5.75 Å². The Hall–Kier alpha value is -3.47. The van der Waals surface area contributed by atoms with Crippen molar-refractivity contribution in [2.75, 3.05) is 7.11 Å². The highest BCUT2D eigenvalue weighted by Gasteiger charge is 2.22. The summed E-state index contributed by atoms with van der Waals surface area (Å²) >= 11 is 0.857. The number of aromatic nitrogens is 2. The molecule has 3 rings (SSSR count). The zero-order valence-electron chi connectivity index (χ0n) is 13.2. The molecule has 0 aliphatic rings. The van der Waals surface area contributed by atoms with E-state index in [4.69, 9.17) is 9.15 Å². The first-order valence-electron chi connectivity index (χ1n) is 7.06. The van der Waals surface area contributed by atoms with Crippen LogP contribution in [0.2, 0.25) is 0 Å². The third-order valence-corrected chi connectivity index (χ3v) is 4.20. The molecule has 0 amide bonds. The van der Waals surface area contributed by atoms with Crippen molar-refractivity contribution >= 4 is 23.1 Å². The fraction of sp³-hybridized carbons (Fsp3) is 0.0667. The van der Waals surface area contributed by atoms with E-state index in [2.05, 4.69) is 10.2 Å². The summed E-state index contributed by atoms with van der Waals surface area (Å²) in [5.74, 6) is 0.907. The minimum absolute atomic E-state index is 0.0766. The molecule has 1 heterocycles.